The average molecular weight is 438 g/mol. The van der Waals surface area contributed by atoms with Crippen LogP contribution in [0.15, 0.2) is 48.8 Å². The number of carbonyl (C=O) groups excluding carboxylic acids is 1. The third kappa shape index (κ3) is 4.11. The first-order valence-corrected chi connectivity index (χ1v) is 9.98. The van der Waals surface area contributed by atoms with E-state index in [1.165, 1.54) is 35.9 Å². The van der Waals surface area contributed by atoms with Crippen LogP contribution < -0.4 is 4.74 Å². The van der Waals surface area contributed by atoms with E-state index in [-0.39, 0.29) is 23.5 Å². The number of benzene rings is 1. The van der Waals surface area contributed by atoms with Crippen LogP contribution in [0.4, 0.5) is 0 Å². The third-order valence-corrected chi connectivity index (χ3v) is 5.68. The van der Waals surface area contributed by atoms with Gasteiger partial charge in [0.05, 0.1) is 42.4 Å². The van der Waals surface area contributed by atoms with Crippen molar-refractivity contribution in [3.8, 4) is 16.3 Å². The molecule has 0 atom stereocenters. The molecule has 10 heteroatoms. The van der Waals surface area contributed by atoms with Crippen molar-refractivity contribution in [1.29, 1.82) is 0 Å². The zero-order valence-electron chi connectivity index (χ0n) is 16.7. The van der Waals surface area contributed by atoms with Crippen LogP contribution in [-0.4, -0.2) is 51.2 Å². The monoisotopic (exact) mass is 438 g/mol. The van der Waals surface area contributed by atoms with Gasteiger partial charge < -0.3 is 14.8 Å². The predicted molar refractivity (Wildman–Crippen MR) is 114 cm³/mol. The van der Waals surface area contributed by atoms with E-state index in [1.807, 2.05) is 24.3 Å². The number of hydroxylamine groups is 2. The second-order valence-electron chi connectivity index (χ2n) is 6.50. The molecule has 0 saturated carbocycles. The number of nitrogens with zero attached hydrogens (tertiary/aromatic N) is 3. The molecule has 0 unspecified atom stereocenters. The highest BCUT2D eigenvalue weighted by Gasteiger charge is 2.20. The fourth-order valence-electron chi connectivity index (χ4n) is 3.04. The van der Waals surface area contributed by atoms with Gasteiger partial charge in [-0.3, -0.25) is 9.63 Å². The molecule has 0 aliphatic carbocycles. The van der Waals surface area contributed by atoms with Crippen LogP contribution in [0.25, 0.3) is 21.7 Å². The largest absolute Gasteiger partial charge is 0.497 e. The number of hydrogen-bond donors (Lipinski definition) is 2. The van der Waals surface area contributed by atoms with Crippen molar-refractivity contribution < 1.29 is 24.3 Å². The summed E-state index contributed by atoms with van der Waals surface area (Å²) in [7, 11) is 3.02. The number of hydrogen-bond acceptors (Lipinski definition) is 7. The van der Waals surface area contributed by atoms with E-state index < -0.39 is 5.97 Å². The summed E-state index contributed by atoms with van der Waals surface area (Å²) in [4.78, 5) is 42.2. The lowest BCUT2D eigenvalue weighted by atomic mass is 10.2. The normalized spacial score (nSPS) is 10.9. The van der Waals surface area contributed by atoms with Crippen LogP contribution in [0.1, 0.15) is 25.6 Å². The number of methoxy groups -OCH3 is 1. The fraction of sp³-hybridized carbons (Fsp3) is 0.143. The zero-order chi connectivity index (χ0) is 22.0. The van der Waals surface area contributed by atoms with Crippen molar-refractivity contribution in [2.45, 2.75) is 6.54 Å². The molecule has 3 aromatic heterocycles. The number of ether oxygens (including phenoxy) is 1. The van der Waals surface area contributed by atoms with Gasteiger partial charge >= 0.3 is 5.97 Å². The molecule has 158 valence electrons. The van der Waals surface area contributed by atoms with Gasteiger partial charge in [0, 0.05) is 6.20 Å². The molecule has 1 amide bonds. The topological polar surface area (TPSA) is 118 Å². The molecule has 0 saturated heterocycles. The Hall–Kier alpha value is -3.76. The molecule has 0 fully saturated rings. The molecule has 9 nitrogen and oxygen atoms in total. The molecule has 3 heterocycles. The number of thiophene rings is 1. The highest BCUT2D eigenvalue weighted by atomic mass is 32.1. The third-order valence-electron chi connectivity index (χ3n) is 4.59. The van der Waals surface area contributed by atoms with Crippen LogP contribution in [0.2, 0.25) is 0 Å². The number of H-pyrrole nitrogens is 1. The van der Waals surface area contributed by atoms with Crippen LogP contribution in [0, 0.1) is 0 Å². The lowest BCUT2D eigenvalue weighted by Crippen LogP contribution is -2.28. The Bertz CT molecular complexity index is 1270. The van der Waals surface area contributed by atoms with Crippen molar-refractivity contribution in [2.75, 3.05) is 14.2 Å². The van der Waals surface area contributed by atoms with E-state index in [0.717, 1.165) is 5.56 Å². The molecule has 0 aliphatic rings. The van der Waals surface area contributed by atoms with Gasteiger partial charge in [0.1, 0.15) is 16.8 Å². The Labute approximate surface area is 180 Å². The maximum Gasteiger partial charge on any atom is 0.339 e. The molecule has 4 rings (SSSR count). The van der Waals surface area contributed by atoms with Crippen molar-refractivity contribution >= 4 is 34.4 Å². The minimum absolute atomic E-state index is 0.0426. The van der Waals surface area contributed by atoms with E-state index in [9.17, 15) is 14.7 Å². The summed E-state index contributed by atoms with van der Waals surface area (Å²) in [6.45, 7) is 0.247. The van der Waals surface area contributed by atoms with Gasteiger partial charge in [-0.2, -0.15) is 0 Å². The molecule has 2 N–H and O–H groups in total. The Kier molecular flexibility index (Phi) is 5.65. The van der Waals surface area contributed by atoms with Crippen LogP contribution >= 0.6 is 11.3 Å². The number of aromatic nitrogens is 3. The van der Waals surface area contributed by atoms with Gasteiger partial charge in [0.15, 0.2) is 5.65 Å². The molecule has 1 aromatic carbocycles. The van der Waals surface area contributed by atoms with Crippen LogP contribution in [0.3, 0.4) is 0 Å². The van der Waals surface area contributed by atoms with E-state index >= 15 is 0 Å². The quantitative estimate of drug-likeness (QED) is 0.423. The average Bonchev–Trinajstić information content (AvgIpc) is 3.44. The van der Waals surface area contributed by atoms with Crippen molar-refractivity contribution in [3.63, 3.8) is 0 Å². The fourth-order valence-corrected chi connectivity index (χ4v) is 3.94. The second-order valence-corrected chi connectivity index (χ2v) is 7.58. The maximum atomic E-state index is 13.0. The molecule has 0 aliphatic heterocycles. The van der Waals surface area contributed by atoms with Gasteiger partial charge in [-0.05, 0) is 29.8 Å². The number of nitrogens with one attached hydrogen (secondary N) is 1. The van der Waals surface area contributed by atoms with E-state index in [1.54, 1.807) is 19.2 Å². The van der Waals surface area contributed by atoms with E-state index in [2.05, 4.69) is 15.0 Å². The minimum atomic E-state index is -1.09. The Morgan fingerprint density at radius 2 is 2.06 bits per heavy atom. The first-order chi connectivity index (χ1) is 15.0. The van der Waals surface area contributed by atoms with Crippen molar-refractivity contribution in [1.82, 2.24) is 20.0 Å². The summed E-state index contributed by atoms with van der Waals surface area (Å²) < 4.78 is 5.22. The smallest absolute Gasteiger partial charge is 0.339 e. The summed E-state index contributed by atoms with van der Waals surface area (Å²) in [6, 6.07) is 10.8. The number of rotatable bonds is 7. The Morgan fingerprint density at radius 3 is 2.81 bits per heavy atom. The lowest BCUT2D eigenvalue weighted by molar-refractivity contribution is -0.101. The minimum Gasteiger partial charge on any atom is -0.497 e. The molecule has 31 heavy (non-hydrogen) atoms. The second kappa shape index (κ2) is 8.54. The van der Waals surface area contributed by atoms with Gasteiger partial charge in [-0.1, -0.05) is 12.1 Å². The summed E-state index contributed by atoms with van der Waals surface area (Å²) in [5.74, 6) is -0.699. The molecular weight excluding hydrogens is 420 g/mol. The predicted octanol–water partition coefficient (Wildman–Crippen LogP) is 3.60. The zero-order valence-corrected chi connectivity index (χ0v) is 17.5. The van der Waals surface area contributed by atoms with Gasteiger partial charge in [0.2, 0.25) is 0 Å². The van der Waals surface area contributed by atoms with Gasteiger partial charge in [-0.25, -0.2) is 19.8 Å². The number of carboxylic acid groups (broad SMARTS) is 1. The SMILES string of the molecule is COc1cccc(CN(OC)C(=O)c2ccc(-c3cnc4[nH]cc(C(=O)O)c4n3)s2)c1. The summed E-state index contributed by atoms with van der Waals surface area (Å²) in [5, 5.41) is 10.6. The lowest BCUT2D eigenvalue weighted by Gasteiger charge is -2.19. The number of aromatic carboxylic acids is 1. The standard InChI is InChI=1S/C21H18N4O5S/c1-29-13-5-3-4-12(8-13)11-25(30-2)20(26)17-7-6-16(31-17)15-10-23-19-18(24-15)14(9-22-19)21(27)28/h3-10H,11H2,1-2H3,(H,22,23)(H,27,28). The molecule has 0 spiro atoms. The summed E-state index contributed by atoms with van der Waals surface area (Å²) in [6.07, 6.45) is 2.89. The van der Waals surface area contributed by atoms with E-state index in [4.69, 9.17) is 9.57 Å². The first-order valence-electron chi connectivity index (χ1n) is 9.16. The molecule has 4 aromatic rings. The Balaban J connectivity index is 1.58. The number of amides is 1. The molecule has 0 bridgehead atoms. The van der Waals surface area contributed by atoms with Crippen LogP contribution in [-0.2, 0) is 11.4 Å². The molecule has 0 radical (unpaired) electrons. The van der Waals surface area contributed by atoms with E-state index in [0.29, 0.717) is 26.8 Å². The number of aromatic amines is 1. The highest BCUT2D eigenvalue weighted by molar-refractivity contribution is 7.17. The van der Waals surface area contributed by atoms with Gasteiger partial charge in [-0.15, -0.1) is 11.3 Å². The van der Waals surface area contributed by atoms with Crippen molar-refractivity contribution in [2.24, 2.45) is 0 Å². The summed E-state index contributed by atoms with van der Waals surface area (Å²) in [5.41, 5.74) is 2.04. The number of carbonyl (C=O) groups is 2. The summed E-state index contributed by atoms with van der Waals surface area (Å²) >= 11 is 1.23. The highest BCUT2D eigenvalue weighted by Crippen LogP contribution is 2.29. The first kappa shape index (κ1) is 20.5. The molecular formula is C21H18N4O5S. The van der Waals surface area contributed by atoms with Crippen molar-refractivity contribution in [3.05, 3.63) is 64.8 Å². The maximum absolute atomic E-state index is 13.0. The van der Waals surface area contributed by atoms with Crippen LogP contribution in [0.5, 0.6) is 5.75 Å². The number of fused-ring (bicyclic) bond motifs is 1. The number of carboxylic acids is 1. The Morgan fingerprint density at radius 1 is 1.23 bits per heavy atom. The van der Waals surface area contributed by atoms with Gasteiger partial charge in [0.25, 0.3) is 5.91 Å².